The third kappa shape index (κ3) is 3.26. The Morgan fingerprint density at radius 3 is 2.56 bits per heavy atom. The molecule has 0 fully saturated rings. The molecule has 0 spiro atoms. The number of hydrogen-bond acceptors (Lipinski definition) is 0. The van der Waals surface area contributed by atoms with Gasteiger partial charge in [-0.3, -0.25) is 0 Å². The van der Waals surface area contributed by atoms with Gasteiger partial charge in [0.25, 0.3) is 0 Å². The minimum absolute atomic E-state index is 0.241. The minimum Gasteiger partial charge on any atom is -0.123 e. The van der Waals surface area contributed by atoms with Gasteiger partial charge >= 0.3 is 0 Å². The molecular weight excluding hydrogens is 240 g/mol. The van der Waals surface area contributed by atoms with Crippen LogP contribution >= 0.6 is 11.6 Å². The maximum atomic E-state index is 6.49. The summed E-state index contributed by atoms with van der Waals surface area (Å²) in [5.41, 5.74) is 1.37. The molecule has 0 saturated heterocycles. The summed E-state index contributed by atoms with van der Waals surface area (Å²) in [5, 5.41) is 2.89. The predicted molar refractivity (Wildman–Crippen MR) is 81.4 cm³/mol. The molecular formula is C17H21Cl. The number of rotatable bonds is 5. The van der Waals surface area contributed by atoms with Crippen molar-refractivity contribution in [1.29, 1.82) is 0 Å². The summed E-state index contributed by atoms with van der Waals surface area (Å²) in [6.45, 7) is 4.50. The fraction of sp³-hybridized carbons (Fsp3) is 0.412. The van der Waals surface area contributed by atoms with Crippen LogP contribution < -0.4 is 0 Å². The second kappa shape index (κ2) is 6.24. The molecule has 0 nitrogen and oxygen atoms in total. The fourth-order valence-electron chi connectivity index (χ4n) is 2.40. The molecule has 2 rings (SSSR count). The molecule has 0 bridgehead atoms. The van der Waals surface area contributed by atoms with Crippen LogP contribution in [-0.2, 0) is 6.42 Å². The van der Waals surface area contributed by atoms with Crippen molar-refractivity contribution in [3.63, 3.8) is 0 Å². The lowest BCUT2D eigenvalue weighted by Gasteiger charge is -2.15. The summed E-state index contributed by atoms with van der Waals surface area (Å²) in [4.78, 5) is 0. The monoisotopic (exact) mass is 260 g/mol. The molecule has 0 aliphatic heterocycles. The fourth-order valence-corrected chi connectivity index (χ4v) is 2.87. The van der Waals surface area contributed by atoms with E-state index in [1.807, 2.05) is 0 Å². The summed E-state index contributed by atoms with van der Waals surface area (Å²) in [6.07, 6.45) is 3.27. The molecule has 0 radical (unpaired) electrons. The van der Waals surface area contributed by atoms with Gasteiger partial charge in [0.15, 0.2) is 0 Å². The van der Waals surface area contributed by atoms with Crippen LogP contribution in [0.2, 0.25) is 0 Å². The van der Waals surface area contributed by atoms with Crippen molar-refractivity contribution in [2.45, 2.75) is 38.5 Å². The Kier molecular flexibility index (Phi) is 4.66. The molecule has 18 heavy (non-hydrogen) atoms. The molecule has 2 aromatic rings. The van der Waals surface area contributed by atoms with Crippen LogP contribution in [0.1, 0.15) is 32.3 Å². The second-order valence-electron chi connectivity index (χ2n) is 5.19. The normalized spacial score (nSPS) is 14.6. The van der Waals surface area contributed by atoms with Gasteiger partial charge in [-0.25, -0.2) is 0 Å². The van der Waals surface area contributed by atoms with Gasteiger partial charge in [-0.1, -0.05) is 62.7 Å². The van der Waals surface area contributed by atoms with Gasteiger partial charge in [0.1, 0.15) is 0 Å². The zero-order valence-corrected chi connectivity index (χ0v) is 12.0. The van der Waals surface area contributed by atoms with E-state index < -0.39 is 0 Å². The first-order valence-electron chi connectivity index (χ1n) is 6.81. The molecule has 0 saturated carbocycles. The first-order chi connectivity index (χ1) is 8.70. The van der Waals surface area contributed by atoms with E-state index in [9.17, 15) is 0 Å². The third-order valence-electron chi connectivity index (χ3n) is 3.68. The number of hydrogen-bond donors (Lipinski definition) is 0. The first-order valence-corrected chi connectivity index (χ1v) is 7.25. The highest BCUT2D eigenvalue weighted by Gasteiger charge is 2.11. The van der Waals surface area contributed by atoms with Crippen molar-refractivity contribution in [3.05, 3.63) is 48.0 Å². The Labute approximate surface area is 115 Å². The summed E-state index contributed by atoms with van der Waals surface area (Å²) >= 11 is 6.49. The van der Waals surface area contributed by atoms with Crippen LogP contribution in [0.15, 0.2) is 42.5 Å². The SMILES string of the molecule is CCC(C)CC(Cl)Cc1cccc2ccccc12. The van der Waals surface area contributed by atoms with E-state index in [0.29, 0.717) is 5.92 Å². The van der Waals surface area contributed by atoms with E-state index >= 15 is 0 Å². The Morgan fingerprint density at radius 1 is 1.06 bits per heavy atom. The lowest BCUT2D eigenvalue weighted by molar-refractivity contribution is 0.500. The number of benzene rings is 2. The highest BCUT2D eigenvalue weighted by molar-refractivity contribution is 6.20. The van der Waals surface area contributed by atoms with Gasteiger partial charge in [0.2, 0.25) is 0 Å². The van der Waals surface area contributed by atoms with Crippen molar-refractivity contribution in [3.8, 4) is 0 Å². The topological polar surface area (TPSA) is 0 Å². The number of fused-ring (bicyclic) bond motifs is 1. The Hall–Kier alpha value is -1.01. The summed E-state index contributed by atoms with van der Waals surface area (Å²) in [7, 11) is 0. The van der Waals surface area contributed by atoms with Crippen LogP contribution in [-0.4, -0.2) is 5.38 Å². The molecule has 0 amide bonds. The van der Waals surface area contributed by atoms with E-state index in [1.165, 1.54) is 22.8 Å². The molecule has 0 aromatic heterocycles. The third-order valence-corrected chi connectivity index (χ3v) is 4.01. The second-order valence-corrected chi connectivity index (χ2v) is 5.81. The van der Waals surface area contributed by atoms with Gasteiger partial charge in [-0.2, -0.15) is 0 Å². The van der Waals surface area contributed by atoms with E-state index in [4.69, 9.17) is 11.6 Å². The molecule has 1 heteroatoms. The van der Waals surface area contributed by atoms with Crippen molar-refractivity contribution in [2.24, 2.45) is 5.92 Å². The van der Waals surface area contributed by atoms with Crippen LogP contribution in [0.3, 0.4) is 0 Å². The highest BCUT2D eigenvalue weighted by atomic mass is 35.5. The van der Waals surface area contributed by atoms with E-state index in [0.717, 1.165) is 12.8 Å². The smallest absolute Gasteiger partial charge is 0.0379 e. The maximum Gasteiger partial charge on any atom is 0.0379 e. The molecule has 96 valence electrons. The summed E-state index contributed by atoms with van der Waals surface area (Å²) in [5.74, 6) is 0.711. The van der Waals surface area contributed by atoms with Crippen LogP contribution in [0.4, 0.5) is 0 Å². The van der Waals surface area contributed by atoms with Crippen molar-refractivity contribution < 1.29 is 0 Å². The van der Waals surface area contributed by atoms with Crippen LogP contribution in [0.5, 0.6) is 0 Å². The van der Waals surface area contributed by atoms with Crippen molar-refractivity contribution in [2.75, 3.05) is 0 Å². The number of halogens is 1. The zero-order valence-electron chi connectivity index (χ0n) is 11.2. The molecule has 0 aliphatic rings. The van der Waals surface area contributed by atoms with Crippen molar-refractivity contribution >= 4 is 22.4 Å². The minimum atomic E-state index is 0.241. The average Bonchev–Trinajstić information content (AvgIpc) is 2.39. The number of alkyl halides is 1. The molecule has 2 atom stereocenters. The molecule has 2 unspecified atom stereocenters. The molecule has 2 aromatic carbocycles. The van der Waals surface area contributed by atoms with E-state index in [-0.39, 0.29) is 5.38 Å². The quantitative estimate of drug-likeness (QED) is 0.629. The highest BCUT2D eigenvalue weighted by Crippen LogP contribution is 2.24. The summed E-state index contributed by atoms with van der Waals surface area (Å²) < 4.78 is 0. The Morgan fingerprint density at radius 2 is 1.78 bits per heavy atom. The lowest BCUT2D eigenvalue weighted by Crippen LogP contribution is -2.08. The van der Waals surface area contributed by atoms with E-state index in [1.54, 1.807) is 0 Å². The molecule has 0 heterocycles. The van der Waals surface area contributed by atoms with Crippen LogP contribution in [0, 0.1) is 5.92 Å². The van der Waals surface area contributed by atoms with Crippen LogP contribution in [0.25, 0.3) is 10.8 Å². The van der Waals surface area contributed by atoms with Gasteiger partial charge in [-0.05, 0) is 35.1 Å². The predicted octanol–water partition coefficient (Wildman–Crippen LogP) is 5.43. The standard InChI is InChI=1S/C17H21Cl/c1-3-13(2)11-16(18)12-15-9-6-8-14-7-4-5-10-17(14)15/h4-10,13,16H,3,11-12H2,1-2H3. The maximum absolute atomic E-state index is 6.49. The zero-order chi connectivity index (χ0) is 13.0. The first kappa shape index (κ1) is 13.4. The Bertz CT molecular complexity index is 498. The van der Waals surface area contributed by atoms with Gasteiger partial charge in [-0.15, -0.1) is 11.6 Å². The molecule has 0 N–H and O–H groups in total. The van der Waals surface area contributed by atoms with E-state index in [2.05, 4.69) is 56.3 Å². The molecule has 0 aliphatic carbocycles. The van der Waals surface area contributed by atoms with Gasteiger partial charge < -0.3 is 0 Å². The van der Waals surface area contributed by atoms with Crippen molar-refractivity contribution in [1.82, 2.24) is 0 Å². The lowest BCUT2D eigenvalue weighted by atomic mass is 9.96. The average molecular weight is 261 g/mol. The summed E-state index contributed by atoms with van der Waals surface area (Å²) in [6, 6.07) is 15.0. The largest absolute Gasteiger partial charge is 0.123 e. The van der Waals surface area contributed by atoms with Gasteiger partial charge in [0, 0.05) is 5.38 Å². The van der Waals surface area contributed by atoms with Gasteiger partial charge in [0.05, 0.1) is 0 Å². The Balaban J connectivity index is 2.16.